The van der Waals surface area contributed by atoms with Crippen LogP contribution in [-0.4, -0.2) is 30.4 Å². The maximum Gasteiger partial charge on any atom is 0.321 e. The molecule has 0 saturated heterocycles. The molecule has 0 bridgehead atoms. The minimum Gasteiger partial charge on any atom is -0.366 e. The molecule has 0 spiro atoms. The Bertz CT molecular complexity index is 510. The highest BCUT2D eigenvalue weighted by atomic mass is 16.2. The highest BCUT2D eigenvalue weighted by molar-refractivity contribution is 5.95. The van der Waals surface area contributed by atoms with E-state index in [2.05, 4.69) is 5.32 Å². The van der Waals surface area contributed by atoms with Crippen molar-refractivity contribution in [1.82, 2.24) is 4.90 Å². The van der Waals surface area contributed by atoms with Crippen LogP contribution in [0.3, 0.4) is 0 Å². The SMILES string of the molecule is CN(CC1CCCCC1)C(=O)Nc1cccc(C(N)=O)c1. The first kappa shape index (κ1) is 15.4. The number of nitrogens with one attached hydrogen (secondary N) is 1. The summed E-state index contributed by atoms with van der Waals surface area (Å²) in [5.41, 5.74) is 6.22. The lowest BCUT2D eigenvalue weighted by molar-refractivity contribution is 0.1000. The van der Waals surface area contributed by atoms with Crippen LogP contribution in [-0.2, 0) is 0 Å². The van der Waals surface area contributed by atoms with Crippen molar-refractivity contribution in [2.45, 2.75) is 32.1 Å². The Labute approximate surface area is 125 Å². The number of benzene rings is 1. The van der Waals surface area contributed by atoms with Crippen molar-refractivity contribution in [2.75, 3.05) is 18.9 Å². The molecule has 1 fully saturated rings. The number of hydrogen-bond acceptors (Lipinski definition) is 2. The largest absolute Gasteiger partial charge is 0.366 e. The summed E-state index contributed by atoms with van der Waals surface area (Å²) in [5, 5.41) is 2.81. The number of urea groups is 1. The zero-order chi connectivity index (χ0) is 15.2. The maximum absolute atomic E-state index is 12.2. The van der Waals surface area contributed by atoms with Crippen molar-refractivity contribution in [1.29, 1.82) is 0 Å². The Morgan fingerprint density at radius 3 is 2.67 bits per heavy atom. The molecular weight excluding hydrogens is 266 g/mol. The predicted octanol–water partition coefficient (Wildman–Crippen LogP) is 2.83. The van der Waals surface area contributed by atoms with Gasteiger partial charge in [0.15, 0.2) is 0 Å². The third-order valence-corrected chi connectivity index (χ3v) is 4.00. The van der Waals surface area contributed by atoms with E-state index in [1.54, 1.807) is 29.2 Å². The lowest BCUT2D eigenvalue weighted by Gasteiger charge is -2.27. The molecule has 0 unspecified atom stereocenters. The summed E-state index contributed by atoms with van der Waals surface area (Å²) in [6.07, 6.45) is 6.25. The van der Waals surface area contributed by atoms with Gasteiger partial charge in [-0.3, -0.25) is 4.79 Å². The van der Waals surface area contributed by atoms with E-state index in [0.717, 1.165) is 6.54 Å². The van der Waals surface area contributed by atoms with Crippen molar-refractivity contribution in [3.63, 3.8) is 0 Å². The first-order chi connectivity index (χ1) is 10.1. The Morgan fingerprint density at radius 2 is 2.00 bits per heavy atom. The fourth-order valence-corrected chi connectivity index (χ4v) is 2.81. The summed E-state index contributed by atoms with van der Waals surface area (Å²) in [4.78, 5) is 25.0. The summed E-state index contributed by atoms with van der Waals surface area (Å²) < 4.78 is 0. The van der Waals surface area contributed by atoms with Gasteiger partial charge in [-0.05, 0) is 37.0 Å². The second kappa shape index (κ2) is 7.11. The van der Waals surface area contributed by atoms with Crippen molar-refractivity contribution >= 4 is 17.6 Å². The van der Waals surface area contributed by atoms with E-state index < -0.39 is 5.91 Å². The minimum absolute atomic E-state index is 0.151. The van der Waals surface area contributed by atoms with Crippen LogP contribution in [0.5, 0.6) is 0 Å². The summed E-state index contributed by atoms with van der Waals surface area (Å²) in [5.74, 6) is 0.105. The molecule has 3 amide bonds. The van der Waals surface area contributed by atoms with Crippen molar-refractivity contribution in [3.8, 4) is 0 Å². The van der Waals surface area contributed by atoms with Crippen LogP contribution in [0.25, 0.3) is 0 Å². The average molecular weight is 289 g/mol. The lowest BCUT2D eigenvalue weighted by atomic mass is 9.89. The normalized spacial score (nSPS) is 15.5. The van der Waals surface area contributed by atoms with E-state index >= 15 is 0 Å². The summed E-state index contributed by atoms with van der Waals surface area (Å²) in [7, 11) is 1.81. The third-order valence-electron chi connectivity index (χ3n) is 4.00. The molecular formula is C16H23N3O2. The quantitative estimate of drug-likeness (QED) is 0.894. The Hall–Kier alpha value is -2.04. The fourth-order valence-electron chi connectivity index (χ4n) is 2.81. The first-order valence-electron chi connectivity index (χ1n) is 7.48. The van der Waals surface area contributed by atoms with Crippen LogP contribution < -0.4 is 11.1 Å². The number of nitrogens with zero attached hydrogens (tertiary/aromatic N) is 1. The molecule has 0 radical (unpaired) electrons. The van der Waals surface area contributed by atoms with Crippen molar-refractivity contribution in [2.24, 2.45) is 11.7 Å². The molecule has 0 atom stereocenters. The first-order valence-corrected chi connectivity index (χ1v) is 7.48. The molecule has 0 aromatic heterocycles. The van der Waals surface area contributed by atoms with E-state index in [0.29, 0.717) is 17.2 Å². The van der Waals surface area contributed by atoms with E-state index in [4.69, 9.17) is 5.73 Å². The van der Waals surface area contributed by atoms with Gasteiger partial charge in [-0.1, -0.05) is 25.3 Å². The molecule has 0 heterocycles. The van der Waals surface area contributed by atoms with Gasteiger partial charge in [0, 0.05) is 24.8 Å². The van der Waals surface area contributed by atoms with Gasteiger partial charge in [-0.2, -0.15) is 0 Å². The molecule has 5 nitrogen and oxygen atoms in total. The Balaban J connectivity index is 1.90. The monoisotopic (exact) mass is 289 g/mol. The van der Waals surface area contributed by atoms with Crippen LogP contribution in [0.2, 0.25) is 0 Å². The molecule has 1 aliphatic rings. The number of carbonyl (C=O) groups excluding carboxylic acids is 2. The van der Waals surface area contributed by atoms with Crippen LogP contribution in [0.1, 0.15) is 42.5 Å². The van der Waals surface area contributed by atoms with E-state index in [1.807, 2.05) is 7.05 Å². The highest BCUT2D eigenvalue weighted by Gasteiger charge is 2.18. The van der Waals surface area contributed by atoms with Crippen LogP contribution >= 0.6 is 0 Å². The fraction of sp³-hybridized carbons (Fsp3) is 0.500. The van der Waals surface area contributed by atoms with Gasteiger partial charge < -0.3 is 16.0 Å². The summed E-state index contributed by atoms with van der Waals surface area (Å²) >= 11 is 0. The number of hydrogen-bond donors (Lipinski definition) is 2. The van der Waals surface area contributed by atoms with Gasteiger partial charge in [0.1, 0.15) is 0 Å². The Morgan fingerprint density at radius 1 is 1.29 bits per heavy atom. The molecule has 0 aliphatic heterocycles. The molecule has 1 aromatic carbocycles. The van der Waals surface area contributed by atoms with E-state index in [1.165, 1.54) is 32.1 Å². The number of primary amides is 1. The van der Waals surface area contributed by atoms with Gasteiger partial charge in [0.25, 0.3) is 0 Å². The molecule has 1 saturated carbocycles. The number of carbonyl (C=O) groups is 2. The Kier molecular flexibility index (Phi) is 5.20. The van der Waals surface area contributed by atoms with Crippen LogP contribution in [0.4, 0.5) is 10.5 Å². The number of rotatable bonds is 4. The second-order valence-corrected chi connectivity index (χ2v) is 5.76. The smallest absolute Gasteiger partial charge is 0.321 e. The predicted molar refractivity (Wildman–Crippen MR) is 83.2 cm³/mol. The van der Waals surface area contributed by atoms with Gasteiger partial charge in [-0.25, -0.2) is 4.79 Å². The number of anilines is 1. The number of nitrogens with two attached hydrogens (primary N) is 1. The topological polar surface area (TPSA) is 75.4 Å². The van der Waals surface area contributed by atoms with Crippen LogP contribution in [0, 0.1) is 5.92 Å². The van der Waals surface area contributed by atoms with Crippen LogP contribution in [0.15, 0.2) is 24.3 Å². The molecule has 3 N–H and O–H groups in total. The third kappa shape index (κ3) is 4.48. The summed E-state index contributed by atoms with van der Waals surface area (Å²) in [6, 6.07) is 6.52. The van der Waals surface area contributed by atoms with Gasteiger partial charge >= 0.3 is 6.03 Å². The zero-order valence-electron chi connectivity index (χ0n) is 12.5. The molecule has 2 rings (SSSR count). The molecule has 1 aliphatic carbocycles. The van der Waals surface area contributed by atoms with E-state index in [9.17, 15) is 9.59 Å². The van der Waals surface area contributed by atoms with E-state index in [-0.39, 0.29) is 6.03 Å². The van der Waals surface area contributed by atoms with Gasteiger partial charge in [-0.15, -0.1) is 0 Å². The minimum atomic E-state index is -0.498. The zero-order valence-corrected chi connectivity index (χ0v) is 12.5. The average Bonchev–Trinajstić information content (AvgIpc) is 2.48. The molecule has 1 aromatic rings. The lowest BCUT2D eigenvalue weighted by Crippen LogP contribution is -2.35. The summed E-state index contributed by atoms with van der Waals surface area (Å²) in [6.45, 7) is 0.779. The van der Waals surface area contributed by atoms with Gasteiger partial charge in [0.2, 0.25) is 5.91 Å². The standard InChI is InChI=1S/C16H23N3O2/c1-19(11-12-6-3-2-4-7-12)16(21)18-14-9-5-8-13(10-14)15(17)20/h5,8-10,12H,2-4,6-7,11H2,1H3,(H2,17,20)(H,18,21). The number of amides is 3. The van der Waals surface area contributed by atoms with Gasteiger partial charge in [0.05, 0.1) is 0 Å². The maximum atomic E-state index is 12.2. The molecule has 5 heteroatoms. The van der Waals surface area contributed by atoms with Crippen molar-refractivity contribution in [3.05, 3.63) is 29.8 Å². The highest BCUT2D eigenvalue weighted by Crippen LogP contribution is 2.24. The van der Waals surface area contributed by atoms with Crippen molar-refractivity contribution < 1.29 is 9.59 Å². The molecule has 114 valence electrons. The molecule has 21 heavy (non-hydrogen) atoms. The second-order valence-electron chi connectivity index (χ2n) is 5.76.